The van der Waals surface area contributed by atoms with Gasteiger partial charge in [0.15, 0.2) is 5.78 Å². The van der Waals surface area contributed by atoms with Gasteiger partial charge in [0.2, 0.25) is 0 Å². The number of rotatable bonds is 4. The molecule has 66 valence electrons. The van der Waals surface area contributed by atoms with Crippen molar-refractivity contribution in [2.24, 2.45) is 0 Å². The molecule has 0 aromatic carbocycles. The number of hydrogen-bond donors (Lipinski definition) is 4. The molecule has 0 rings (SSSR count). The van der Waals surface area contributed by atoms with Crippen LogP contribution < -0.4 is 0 Å². The average Bonchev–Trinajstić information content (AvgIpc) is 1.87. The van der Waals surface area contributed by atoms with Crippen molar-refractivity contribution in [3.8, 4) is 0 Å². The molecule has 0 fully saturated rings. The molecule has 0 aliphatic heterocycles. The second-order valence-electron chi connectivity index (χ2n) is 2.35. The topological polar surface area (TPSA) is 57.5 Å². The van der Waals surface area contributed by atoms with Crippen LogP contribution in [0.1, 0.15) is 13.3 Å². The smallest absolute Gasteiger partial charge is 0.157 e. The molecule has 2 atom stereocenters. The Balaban J connectivity index is 3.76. The highest BCUT2D eigenvalue weighted by molar-refractivity contribution is 8.00. The van der Waals surface area contributed by atoms with Gasteiger partial charge in [-0.1, -0.05) is 0 Å². The number of ketones is 1. The Morgan fingerprint density at radius 1 is 1.45 bits per heavy atom. The lowest BCUT2D eigenvalue weighted by Gasteiger charge is -2.12. The predicted molar refractivity (Wildman–Crippen MR) is 49.1 cm³/mol. The van der Waals surface area contributed by atoms with Crippen LogP contribution in [0.2, 0.25) is 0 Å². The second-order valence-corrected chi connectivity index (χ2v) is 3.79. The Labute approximate surface area is 76.6 Å². The number of hydrogen-bond acceptors (Lipinski definition) is 5. The Hall–Kier alpha value is 0.290. The molecule has 0 spiro atoms. The lowest BCUT2D eigenvalue weighted by Crippen LogP contribution is -2.27. The van der Waals surface area contributed by atoms with Crippen molar-refractivity contribution in [2.45, 2.75) is 30.1 Å². The summed E-state index contributed by atoms with van der Waals surface area (Å²) in [7, 11) is 0. The Morgan fingerprint density at radius 3 is 2.18 bits per heavy atom. The minimum atomic E-state index is -1.01. The zero-order chi connectivity index (χ0) is 9.02. The van der Waals surface area contributed by atoms with Crippen LogP contribution in [0.25, 0.3) is 0 Å². The summed E-state index contributed by atoms with van der Waals surface area (Å²) < 4.78 is -0.677. The van der Waals surface area contributed by atoms with Gasteiger partial charge in [-0.2, -0.15) is 25.3 Å². The SMILES string of the molecule is CC(O)C(O)CC(=O)C(S)S. The van der Waals surface area contributed by atoms with Gasteiger partial charge >= 0.3 is 0 Å². The Kier molecular flexibility index (Phi) is 5.16. The van der Waals surface area contributed by atoms with Gasteiger partial charge in [-0.05, 0) is 6.92 Å². The van der Waals surface area contributed by atoms with Crippen molar-refractivity contribution in [1.29, 1.82) is 0 Å². The summed E-state index contributed by atoms with van der Waals surface area (Å²) in [4.78, 5) is 10.8. The average molecular weight is 196 g/mol. The molecule has 0 saturated carbocycles. The lowest BCUT2D eigenvalue weighted by atomic mass is 10.1. The second kappa shape index (κ2) is 5.03. The number of Topliss-reactive ketones (excluding diaryl/α,β-unsaturated/α-hetero) is 1. The summed E-state index contributed by atoms with van der Waals surface area (Å²) in [5.74, 6) is -0.287. The molecule has 2 N–H and O–H groups in total. The van der Waals surface area contributed by atoms with Crippen LogP contribution in [0.5, 0.6) is 0 Å². The first-order valence-corrected chi connectivity index (χ1v) is 4.23. The Bertz CT molecular complexity index is 136. The minimum Gasteiger partial charge on any atom is -0.391 e. The summed E-state index contributed by atoms with van der Waals surface area (Å²) in [6.07, 6.45) is -2.00. The summed E-state index contributed by atoms with van der Waals surface area (Å²) in [5.41, 5.74) is 0. The number of aliphatic hydroxyl groups excluding tert-OH is 2. The monoisotopic (exact) mass is 196 g/mol. The van der Waals surface area contributed by atoms with Crippen LogP contribution in [0.15, 0.2) is 0 Å². The first-order chi connectivity index (χ1) is 4.95. The highest BCUT2D eigenvalue weighted by Crippen LogP contribution is 2.08. The highest BCUT2D eigenvalue weighted by Gasteiger charge is 2.18. The van der Waals surface area contributed by atoms with Gasteiger partial charge in [0.25, 0.3) is 0 Å². The van der Waals surface area contributed by atoms with Crippen molar-refractivity contribution >= 4 is 31.0 Å². The fourth-order valence-electron chi connectivity index (χ4n) is 0.482. The van der Waals surface area contributed by atoms with E-state index in [4.69, 9.17) is 10.2 Å². The molecule has 0 bridgehead atoms. The summed E-state index contributed by atoms with van der Waals surface area (Å²) in [6, 6.07) is 0. The number of aliphatic hydroxyl groups is 2. The largest absolute Gasteiger partial charge is 0.391 e. The summed E-state index contributed by atoms with van der Waals surface area (Å²) in [5, 5.41) is 17.8. The van der Waals surface area contributed by atoms with Crippen LogP contribution >= 0.6 is 25.3 Å². The Morgan fingerprint density at radius 2 is 1.91 bits per heavy atom. The molecule has 0 saturated heterocycles. The van der Waals surface area contributed by atoms with Gasteiger partial charge in [-0.3, -0.25) is 4.79 Å². The quantitative estimate of drug-likeness (QED) is 0.374. The van der Waals surface area contributed by atoms with Gasteiger partial charge < -0.3 is 10.2 Å². The van der Waals surface area contributed by atoms with Crippen LogP contribution in [0.3, 0.4) is 0 Å². The van der Waals surface area contributed by atoms with E-state index in [0.29, 0.717) is 0 Å². The molecule has 2 unspecified atom stereocenters. The van der Waals surface area contributed by atoms with Crippen LogP contribution in [0.4, 0.5) is 0 Å². The highest BCUT2D eigenvalue weighted by atomic mass is 32.2. The van der Waals surface area contributed by atoms with Gasteiger partial charge in [0.1, 0.15) is 4.58 Å². The molecular formula is C6H12O3S2. The third-order valence-corrected chi connectivity index (χ3v) is 1.83. The molecular weight excluding hydrogens is 184 g/mol. The zero-order valence-corrected chi connectivity index (χ0v) is 7.93. The molecule has 5 heteroatoms. The van der Waals surface area contributed by atoms with Gasteiger partial charge in [-0.25, -0.2) is 0 Å². The van der Waals surface area contributed by atoms with E-state index >= 15 is 0 Å². The van der Waals surface area contributed by atoms with Gasteiger partial charge in [0, 0.05) is 6.42 Å². The summed E-state index contributed by atoms with van der Waals surface area (Å²) in [6.45, 7) is 1.42. The molecule has 0 amide bonds. The van der Waals surface area contributed by atoms with Gasteiger partial charge in [0.05, 0.1) is 12.2 Å². The van der Waals surface area contributed by atoms with Crippen molar-refractivity contribution in [3.05, 3.63) is 0 Å². The molecule has 3 nitrogen and oxygen atoms in total. The van der Waals surface area contributed by atoms with Crippen LogP contribution in [-0.4, -0.2) is 32.8 Å². The number of carbonyl (C=O) groups is 1. The third-order valence-electron chi connectivity index (χ3n) is 1.26. The van der Waals surface area contributed by atoms with E-state index in [1.54, 1.807) is 0 Å². The van der Waals surface area contributed by atoms with E-state index in [1.807, 2.05) is 0 Å². The molecule has 0 radical (unpaired) electrons. The molecule has 0 aliphatic carbocycles. The molecule has 0 heterocycles. The maximum Gasteiger partial charge on any atom is 0.157 e. The van der Waals surface area contributed by atoms with Gasteiger partial charge in [-0.15, -0.1) is 0 Å². The zero-order valence-electron chi connectivity index (χ0n) is 6.14. The van der Waals surface area contributed by atoms with E-state index in [1.165, 1.54) is 6.92 Å². The van der Waals surface area contributed by atoms with Crippen LogP contribution in [0, 0.1) is 0 Å². The molecule has 0 aliphatic rings. The molecule has 11 heavy (non-hydrogen) atoms. The van der Waals surface area contributed by atoms with E-state index in [9.17, 15) is 4.79 Å². The van der Waals surface area contributed by atoms with Crippen molar-refractivity contribution < 1.29 is 15.0 Å². The lowest BCUT2D eigenvalue weighted by molar-refractivity contribution is -0.120. The molecule has 0 aromatic rings. The van der Waals surface area contributed by atoms with Crippen molar-refractivity contribution in [3.63, 3.8) is 0 Å². The minimum absolute atomic E-state index is 0.102. The fraction of sp³-hybridized carbons (Fsp3) is 0.833. The van der Waals surface area contributed by atoms with Crippen LogP contribution in [-0.2, 0) is 4.79 Å². The van der Waals surface area contributed by atoms with E-state index in [2.05, 4.69) is 25.3 Å². The normalized spacial score (nSPS) is 16.5. The van der Waals surface area contributed by atoms with Crippen molar-refractivity contribution in [2.75, 3.05) is 0 Å². The first kappa shape index (κ1) is 11.3. The third kappa shape index (κ3) is 4.68. The maximum absolute atomic E-state index is 10.8. The first-order valence-electron chi connectivity index (χ1n) is 3.20. The molecule has 0 aromatic heterocycles. The summed E-state index contributed by atoms with van der Waals surface area (Å²) >= 11 is 7.52. The van der Waals surface area contributed by atoms with E-state index < -0.39 is 16.8 Å². The van der Waals surface area contributed by atoms with E-state index in [0.717, 1.165) is 0 Å². The maximum atomic E-state index is 10.8. The fourth-order valence-corrected chi connectivity index (χ4v) is 0.693. The standard InChI is InChI=1S/C6H12O3S2/c1-3(7)4(8)2-5(9)6(10)11/h3-4,6-8,10-11H,2H2,1H3. The number of thiol groups is 2. The predicted octanol–water partition coefficient (Wildman–Crippen LogP) is -0.127. The van der Waals surface area contributed by atoms with E-state index in [-0.39, 0.29) is 12.2 Å². The van der Waals surface area contributed by atoms with Crippen molar-refractivity contribution in [1.82, 2.24) is 0 Å². The number of carbonyl (C=O) groups excluding carboxylic acids is 1.